The number of carbonyl (C=O) groups excluding carboxylic acids is 1. The number of nitrogens with two attached hydrogens (primary N) is 1. The van der Waals surface area contributed by atoms with E-state index in [0.717, 1.165) is 24.0 Å². The van der Waals surface area contributed by atoms with Crippen LogP contribution in [0.4, 0.5) is 0 Å². The second-order valence-corrected chi connectivity index (χ2v) is 8.78. The molecule has 2 N–H and O–H groups in total. The van der Waals surface area contributed by atoms with E-state index in [1.807, 2.05) is 30.5 Å². The van der Waals surface area contributed by atoms with Crippen molar-refractivity contribution in [3.8, 4) is 29.1 Å². The minimum atomic E-state index is -0.477. The van der Waals surface area contributed by atoms with E-state index in [1.165, 1.54) is 11.3 Å². The van der Waals surface area contributed by atoms with E-state index >= 15 is 0 Å². The van der Waals surface area contributed by atoms with Crippen LogP contribution >= 0.6 is 11.3 Å². The van der Waals surface area contributed by atoms with E-state index in [2.05, 4.69) is 13.0 Å². The highest BCUT2D eigenvalue weighted by Crippen LogP contribution is 2.45. The summed E-state index contributed by atoms with van der Waals surface area (Å²) >= 11 is 1.30. The van der Waals surface area contributed by atoms with Crippen LogP contribution in [-0.4, -0.2) is 19.2 Å². The zero-order valence-corrected chi connectivity index (χ0v) is 20.4. The lowest BCUT2D eigenvalue weighted by Gasteiger charge is -2.27. The van der Waals surface area contributed by atoms with Gasteiger partial charge >= 0.3 is 5.97 Å². The molecule has 1 atom stereocenters. The quantitative estimate of drug-likeness (QED) is 0.231. The lowest BCUT2D eigenvalue weighted by molar-refractivity contribution is 0.0739. The Morgan fingerprint density at radius 1 is 1.14 bits per heavy atom. The van der Waals surface area contributed by atoms with Crippen LogP contribution in [0.2, 0.25) is 0 Å². The number of ether oxygens (including phenoxy) is 4. The second-order valence-electron chi connectivity index (χ2n) is 7.83. The monoisotopic (exact) mass is 490 g/mol. The van der Waals surface area contributed by atoms with Crippen molar-refractivity contribution in [3.05, 3.63) is 81.4 Å². The van der Waals surface area contributed by atoms with Crippen LogP contribution in [0.1, 0.15) is 53.4 Å². The summed E-state index contributed by atoms with van der Waals surface area (Å²) in [4.78, 5) is 12.9. The fourth-order valence-corrected chi connectivity index (χ4v) is 4.41. The third-order valence-corrected chi connectivity index (χ3v) is 6.33. The van der Waals surface area contributed by atoms with Crippen molar-refractivity contribution in [2.45, 2.75) is 32.6 Å². The standard InChI is InChI=1S/C27H26N2O5S/c1-3-5-12-32-21-11-8-17(14-23(21)31-4-2)25-19-10-9-18(33-27(30)24-7-6-13-35-24)15-22(19)34-26(29)20(25)16-28/h6-11,13-15,25H,3-5,12,29H2,1-2H3. The Balaban J connectivity index is 1.69. The predicted octanol–water partition coefficient (Wildman–Crippen LogP) is 5.76. The zero-order valence-electron chi connectivity index (χ0n) is 19.6. The maximum atomic E-state index is 12.4. The molecule has 8 heteroatoms. The Hall–Kier alpha value is -3.96. The van der Waals surface area contributed by atoms with Gasteiger partial charge in [-0.1, -0.05) is 31.5 Å². The molecule has 1 aliphatic heterocycles. The van der Waals surface area contributed by atoms with Gasteiger partial charge in [-0.15, -0.1) is 11.3 Å². The third kappa shape index (κ3) is 5.26. The van der Waals surface area contributed by atoms with Crippen molar-refractivity contribution < 1.29 is 23.7 Å². The van der Waals surface area contributed by atoms with E-state index < -0.39 is 11.9 Å². The first-order valence-corrected chi connectivity index (χ1v) is 12.3. The van der Waals surface area contributed by atoms with Gasteiger partial charge in [0.25, 0.3) is 0 Å². The summed E-state index contributed by atoms with van der Waals surface area (Å²) < 4.78 is 23.0. The summed E-state index contributed by atoms with van der Waals surface area (Å²) in [7, 11) is 0. The topological polar surface area (TPSA) is 104 Å². The number of nitrogens with zero attached hydrogens (tertiary/aromatic N) is 1. The van der Waals surface area contributed by atoms with Crippen LogP contribution in [0.3, 0.4) is 0 Å². The largest absolute Gasteiger partial charge is 0.490 e. The van der Waals surface area contributed by atoms with Crippen LogP contribution in [0.5, 0.6) is 23.0 Å². The van der Waals surface area contributed by atoms with Gasteiger partial charge < -0.3 is 24.7 Å². The summed E-state index contributed by atoms with van der Waals surface area (Å²) in [5.41, 5.74) is 7.97. The van der Waals surface area contributed by atoms with Gasteiger partial charge in [-0.25, -0.2) is 4.79 Å². The van der Waals surface area contributed by atoms with E-state index in [9.17, 15) is 10.1 Å². The van der Waals surface area contributed by atoms with Crippen molar-refractivity contribution in [2.75, 3.05) is 13.2 Å². The molecule has 1 aromatic heterocycles. The molecule has 1 unspecified atom stereocenters. The van der Waals surface area contributed by atoms with E-state index in [0.29, 0.717) is 46.7 Å². The molecule has 35 heavy (non-hydrogen) atoms. The molecule has 1 aliphatic rings. The van der Waals surface area contributed by atoms with Gasteiger partial charge in [0, 0.05) is 11.6 Å². The van der Waals surface area contributed by atoms with Crippen molar-refractivity contribution in [1.82, 2.24) is 0 Å². The van der Waals surface area contributed by atoms with Crippen molar-refractivity contribution in [1.29, 1.82) is 5.26 Å². The number of allylic oxidation sites excluding steroid dienone is 1. The molecule has 0 saturated carbocycles. The van der Waals surface area contributed by atoms with Gasteiger partial charge in [-0.3, -0.25) is 0 Å². The first-order chi connectivity index (χ1) is 17.0. The summed E-state index contributed by atoms with van der Waals surface area (Å²) in [6.07, 6.45) is 1.97. The van der Waals surface area contributed by atoms with Crippen LogP contribution in [0.25, 0.3) is 0 Å². The molecule has 2 heterocycles. The lowest BCUT2D eigenvalue weighted by atomic mass is 9.83. The van der Waals surface area contributed by atoms with Gasteiger partial charge in [-0.2, -0.15) is 5.26 Å². The van der Waals surface area contributed by atoms with Crippen LogP contribution < -0.4 is 24.7 Å². The average Bonchev–Trinajstić information content (AvgIpc) is 3.40. The summed E-state index contributed by atoms with van der Waals surface area (Å²) in [6.45, 7) is 5.08. The lowest BCUT2D eigenvalue weighted by Crippen LogP contribution is -2.21. The van der Waals surface area contributed by atoms with Gasteiger partial charge in [0.1, 0.15) is 28.0 Å². The highest BCUT2D eigenvalue weighted by molar-refractivity contribution is 7.12. The average molecular weight is 491 g/mol. The number of benzene rings is 2. The van der Waals surface area contributed by atoms with Crippen LogP contribution in [-0.2, 0) is 0 Å². The molecule has 0 radical (unpaired) electrons. The molecule has 0 saturated heterocycles. The van der Waals surface area contributed by atoms with Gasteiger partial charge in [0.2, 0.25) is 5.88 Å². The predicted molar refractivity (Wildman–Crippen MR) is 133 cm³/mol. The molecule has 0 bridgehead atoms. The van der Waals surface area contributed by atoms with Crippen LogP contribution in [0.15, 0.2) is 65.4 Å². The maximum absolute atomic E-state index is 12.4. The van der Waals surface area contributed by atoms with Gasteiger partial charge in [0.05, 0.1) is 19.1 Å². The normalized spacial score (nSPS) is 14.5. The Morgan fingerprint density at radius 3 is 2.71 bits per heavy atom. The molecule has 0 aliphatic carbocycles. The van der Waals surface area contributed by atoms with Crippen molar-refractivity contribution in [2.24, 2.45) is 5.73 Å². The highest BCUT2D eigenvalue weighted by atomic mass is 32.1. The fraction of sp³-hybridized carbons (Fsp3) is 0.259. The molecule has 0 spiro atoms. The smallest absolute Gasteiger partial charge is 0.353 e. The zero-order chi connectivity index (χ0) is 24.8. The number of unbranched alkanes of at least 4 members (excludes halogenated alkanes) is 1. The fourth-order valence-electron chi connectivity index (χ4n) is 3.81. The van der Waals surface area contributed by atoms with Crippen molar-refractivity contribution >= 4 is 17.3 Å². The summed E-state index contributed by atoms with van der Waals surface area (Å²) in [5, 5.41) is 11.7. The van der Waals surface area contributed by atoms with Gasteiger partial charge in [0.15, 0.2) is 11.5 Å². The minimum Gasteiger partial charge on any atom is -0.490 e. The molecule has 2 aromatic carbocycles. The summed E-state index contributed by atoms with van der Waals surface area (Å²) in [5.74, 6) is 1.08. The Morgan fingerprint density at radius 2 is 2.00 bits per heavy atom. The maximum Gasteiger partial charge on any atom is 0.353 e. The van der Waals surface area contributed by atoms with E-state index in [-0.39, 0.29) is 5.88 Å². The Bertz CT molecular complexity index is 1280. The van der Waals surface area contributed by atoms with Crippen molar-refractivity contribution in [3.63, 3.8) is 0 Å². The number of hydrogen-bond acceptors (Lipinski definition) is 8. The molecule has 3 aromatic rings. The first kappa shape index (κ1) is 24.2. The Labute approximate surface area is 208 Å². The number of nitriles is 1. The number of thiophene rings is 1. The molecule has 7 nitrogen and oxygen atoms in total. The molecular formula is C27H26N2O5S. The molecule has 0 fully saturated rings. The SMILES string of the molecule is CCCCOc1ccc(C2C(C#N)=C(N)Oc3cc(OC(=O)c4cccs4)ccc32)cc1OCC. The van der Waals surface area contributed by atoms with E-state index in [1.54, 1.807) is 30.3 Å². The summed E-state index contributed by atoms with van der Waals surface area (Å²) in [6, 6.07) is 16.4. The molecular weight excluding hydrogens is 464 g/mol. The van der Waals surface area contributed by atoms with Gasteiger partial charge in [-0.05, 0) is 48.6 Å². The number of carbonyl (C=O) groups is 1. The highest BCUT2D eigenvalue weighted by Gasteiger charge is 2.32. The number of fused-ring (bicyclic) bond motifs is 1. The number of esters is 1. The van der Waals surface area contributed by atoms with Crippen LogP contribution in [0, 0.1) is 11.3 Å². The molecule has 180 valence electrons. The van der Waals surface area contributed by atoms with E-state index in [4.69, 9.17) is 24.7 Å². The molecule has 0 amide bonds. The Kier molecular flexibility index (Phi) is 7.58. The molecule has 4 rings (SSSR count). The first-order valence-electron chi connectivity index (χ1n) is 11.4. The second kappa shape index (κ2) is 11.0. The number of hydrogen-bond donors (Lipinski definition) is 1. The minimum absolute atomic E-state index is 0.00738. The third-order valence-electron chi connectivity index (χ3n) is 5.48. The number of rotatable bonds is 9.